The molecular weight excluding hydrogens is 408 g/mol. The van der Waals surface area contributed by atoms with Gasteiger partial charge in [0.2, 0.25) is 0 Å². The van der Waals surface area contributed by atoms with Crippen LogP contribution in [0.4, 0.5) is 0 Å². The van der Waals surface area contributed by atoms with Crippen LogP contribution in [-0.2, 0) is 6.54 Å². The summed E-state index contributed by atoms with van der Waals surface area (Å²) in [5.41, 5.74) is 1.75. The van der Waals surface area contributed by atoms with E-state index in [1.165, 1.54) is 12.0 Å². The van der Waals surface area contributed by atoms with Crippen molar-refractivity contribution in [2.75, 3.05) is 20.3 Å². The van der Waals surface area contributed by atoms with Crippen molar-refractivity contribution in [2.24, 2.45) is 0 Å². The fraction of sp³-hybridized carbons (Fsp3) is 0.160. The van der Waals surface area contributed by atoms with Gasteiger partial charge in [-0.25, -0.2) is 0 Å². The standard InChI is InChI=1S/C25H22N2O5/c1-31-22-12-11-17(16-27-24(29)19-9-5-6-10-20(19)25(27)30)15-21(22)23(28)26-13-14-32-18-7-3-2-4-8-18/h2-12,15H,13-14,16H2,1H3,(H,26,28). The fourth-order valence-electron chi connectivity index (χ4n) is 3.54. The summed E-state index contributed by atoms with van der Waals surface area (Å²) in [5.74, 6) is 0.110. The van der Waals surface area contributed by atoms with E-state index >= 15 is 0 Å². The van der Waals surface area contributed by atoms with Crippen LogP contribution in [0.5, 0.6) is 11.5 Å². The third kappa shape index (κ3) is 4.32. The van der Waals surface area contributed by atoms with Gasteiger partial charge in [0.1, 0.15) is 18.1 Å². The summed E-state index contributed by atoms with van der Waals surface area (Å²) >= 11 is 0. The molecule has 0 aliphatic carbocycles. The number of benzene rings is 3. The van der Waals surface area contributed by atoms with E-state index in [9.17, 15) is 14.4 Å². The van der Waals surface area contributed by atoms with Crippen molar-refractivity contribution < 1.29 is 23.9 Å². The lowest BCUT2D eigenvalue weighted by Gasteiger charge is -2.16. The zero-order valence-corrected chi connectivity index (χ0v) is 17.5. The van der Waals surface area contributed by atoms with Gasteiger partial charge in [0.25, 0.3) is 17.7 Å². The molecule has 0 spiro atoms. The van der Waals surface area contributed by atoms with Gasteiger partial charge in [0, 0.05) is 0 Å². The Morgan fingerprint density at radius 2 is 1.56 bits per heavy atom. The summed E-state index contributed by atoms with van der Waals surface area (Å²) in [6.45, 7) is 0.681. The maximum atomic E-state index is 12.7. The van der Waals surface area contributed by atoms with Gasteiger partial charge in [0.05, 0.1) is 36.9 Å². The van der Waals surface area contributed by atoms with Crippen LogP contribution >= 0.6 is 0 Å². The van der Waals surface area contributed by atoms with E-state index in [4.69, 9.17) is 9.47 Å². The third-order valence-corrected chi connectivity index (χ3v) is 5.13. The number of methoxy groups -OCH3 is 1. The molecular formula is C25H22N2O5. The maximum absolute atomic E-state index is 12.7. The van der Waals surface area contributed by atoms with Gasteiger partial charge in [0.15, 0.2) is 0 Å². The van der Waals surface area contributed by atoms with Gasteiger partial charge < -0.3 is 14.8 Å². The molecule has 4 rings (SSSR count). The van der Waals surface area contributed by atoms with E-state index in [-0.39, 0.29) is 24.3 Å². The van der Waals surface area contributed by atoms with E-state index < -0.39 is 0 Å². The van der Waals surface area contributed by atoms with E-state index in [1.807, 2.05) is 30.3 Å². The Morgan fingerprint density at radius 1 is 0.906 bits per heavy atom. The lowest BCUT2D eigenvalue weighted by molar-refractivity contribution is 0.0642. The number of rotatable bonds is 8. The molecule has 0 atom stereocenters. The molecule has 1 heterocycles. The highest BCUT2D eigenvalue weighted by molar-refractivity contribution is 6.21. The number of hydrogen-bond acceptors (Lipinski definition) is 5. The summed E-state index contributed by atoms with van der Waals surface area (Å²) in [4.78, 5) is 39.2. The van der Waals surface area contributed by atoms with Crippen LogP contribution in [0.1, 0.15) is 36.6 Å². The Bertz CT molecular complexity index is 1130. The Labute approximate surface area is 185 Å². The number of nitrogens with one attached hydrogen (secondary N) is 1. The second-order valence-corrected chi connectivity index (χ2v) is 7.19. The van der Waals surface area contributed by atoms with Crippen LogP contribution in [0, 0.1) is 0 Å². The lowest BCUT2D eigenvalue weighted by atomic mass is 10.1. The lowest BCUT2D eigenvalue weighted by Crippen LogP contribution is -2.30. The van der Waals surface area contributed by atoms with Crippen molar-refractivity contribution in [1.82, 2.24) is 10.2 Å². The number of fused-ring (bicyclic) bond motifs is 1. The van der Waals surface area contributed by atoms with E-state index in [0.717, 1.165) is 5.75 Å². The van der Waals surface area contributed by atoms with Crippen molar-refractivity contribution in [3.8, 4) is 11.5 Å². The molecule has 3 aromatic rings. The predicted octanol–water partition coefficient (Wildman–Crippen LogP) is 3.30. The van der Waals surface area contributed by atoms with Crippen LogP contribution in [0.3, 0.4) is 0 Å². The largest absolute Gasteiger partial charge is 0.496 e. The van der Waals surface area contributed by atoms with Crippen molar-refractivity contribution >= 4 is 17.7 Å². The molecule has 0 radical (unpaired) electrons. The highest BCUT2D eigenvalue weighted by Gasteiger charge is 2.35. The molecule has 1 aliphatic rings. The van der Waals surface area contributed by atoms with Gasteiger partial charge in [-0.1, -0.05) is 36.4 Å². The number of nitrogens with zero attached hydrogens (tertiary/aromatic N) is 1. The third-order valence-electron chi connectivity index (χ3n) is 5.13. The number of imide groups is 1. The molecule has 0 aromatic heterocycles. The van der Waals surface area contributed by atoms with Gasteiger partial charge >= 0.3 is 0 Å². The van der Waals surface area contributed by atoms with Crippen LogP contribution in [-0.4, -0.2) is 42.9 Å². The first-order valence-electron chi connectivity index (χ1n) is 10.2. The first-order valence-corrected chi connectivity index (χ1v) is 10.2. The zero-order chi connectivity index (χ0) is 22.5. The van der Waals surface area contributed by atoms with Crippen LogP contribution < -0.4 is 14.8 Å². The van der Waals surface area contributed by atoms with Crippen molar-refractivity contribution in [1.29, 1.82) is 0 Å². The molecule has 1 N–H and O–H groups in total. The Morgan fingerprint density at radius 3 is 2.22 bits per heavy atom. The number of para-hydroxylation sites is 1. The number of carbonyl (C=O) groups excluding carboxylic acids is 3. The molecule has 7 heteroatoms. The first-order chi connectivity index (χ1) is 15.6. The summed E-state index contributed by atoms with van der Waals surface area (Å²) in [7, 11) is 1.48. The van der Waals surface area contributed by atoms with Gasteiger partial charge in [-0.05, 0) is 42.0 Å². The number of carbonyl (C=O) groups is 3. The predicted molar refractivity (Wildman–Crippen MR) is 118 cm³/mol. The highest BCUT2D eigenvalue weighted by atomic mass is 16.5. The molecule has 1 aliphatic heterocycles. The molecule has 0 unspecified atom stereocenters. The van der Waals surface area contributed by atoms with Crippen LogP contribution in [0.2, 0.25) is 0 Å². The maximum Gasteiger partial charge on any atom is 0.261 e. The summed E-state index contributed by atoms with van der Waals surface area (Å²) in [6.07, 6.45) is 0. The smallest absolute Gasteiger partial charge is 0.261 e. The summed E-state index contributed by atoms with van der Waals surface area (Å²) < 4.78 is 10.9. The monoisotopic (exact) mass is 430 g/mol. The minimum atomic E-state index is -0.342. The molecule has 3 aromatic carbocycles. The van der Waals surface area contributed by atoms with Crippen molar-refractivity contribution in [2.45, 2.75) is 6.54 Å². The normalized spacial score (nSPS) is 12.5. The molecule has 0 saturated carbocycles. The minimum absolute atomic E-state index is 0.0632. The van der Waals surface area contributed by atoms with E-state index in [0.29, 0.717) is 41.2 Å². The van der Waals surface area contributed by atoms with E-state index in [1.54, 1.807) is 42.5 Å². The highest BCUT2D eigenvalue weighted by Crippen LogP contribution is 2.26. The second kappa shape index (κ2) is 9.34. The average molecular weight is 430 g/mol. The van der Waals surface area contributed by atoms with Crippen LogP contribution in [0.25, 0.3) is 0 Å². The van der Waals surface area contributed by atoms with Crippen LogP contribution in [0.15, 0.2) is 72.8 Å². The zero-order valence-electron chi connectivity index (χ0n) is 17.5. The Hall–Kier alpha value is -4.13. The van der Waals surface area contributed by atoms with Gasteiger partial charge in [-0.2, -0.15) is 0 Å². The second-order valence-electron chi connectivity index (χ2n) is 7.19. The van der Waals surface area contributed by atoms with E-state index in [2.05, 4.69) is 5.32 Å². The number of hydrogen-bond donors (Lipinski definition) is 1. The minimum Gasteiger partial charge on any atom is -0.496 e. The fourth-order valence-corrected chi connectivity index (χ4v) is 3.54. The molecule has 162 valence electrons. The van der Waals surface area contributed by atoms with Gasteiger partial charge in [-0.15, -0.1) is 0 Å². The Kier molecular flexibility index (Phi) is 6.17. The quantitative estimate of drug-likeness (QED) is 0.438. The SMILES string of the molecule is COc1ccc(CN2C(=O)c3ccccc3C2=O)cc1C(=O)NCCOc1ccccc1. The molecule has 32 heavy (non-hydrogen) atoms. The average Bonchev–Trinajstić information content (AvgIpc) is 3.07. The molecule has 0 saturated heterocycles. The topological polar surface area (TPSA) is 84.9 Å². The van der Waals surface area contributed by atoms with Gasteiger partial charge in [-0.3, -0.25) is 19.3 Å². The Balaban J connectivity index is 1.43. The number of amides is 3. The summed E-state index contributed by atoms with van der Waals surface area (Å²) in [6, 6.07) is 21.1. The van der Waals surface area contributed by atoms with Crippen molar-refractivity contribution in [3.05, 3.63) is 95.1 Å². The number of ether oxygens (including phenoxy) is 2. The molecule has 7 nitrogen and oxygen atoms in total. The molecule has 0 bridgehead atoms. The molecule has 3 amide bonds. The first kappa shape index (κ1) is 21.1. The van der Waals surface area contributed by atoms with Crippen molar-refractivity contribution in [3.63, 3.8) is 0 Å². The summed E-state index contributed by atoms with van der Waals surface area (Å²) in [5, 5.41) is 2.81. The molecule has 0 fully saturated rings.